The molecule has 2 heterocycles. The first kappa shape index (κ1) is 13.1. The Morgan fingerprint density at radius 3 is 3.00 bits per heavy atom. The number of benzene rings is 1. The third-order valence-corrected chi connectivity index (χ3v) is 4.16. The molecule has 1 aliphatic rings. The number of hydrogen-bond acceptors (Lipinski definition) is 5. The van der Waals surface area contributed by atoms with Crippen LogP contribution in [-0.2, 0) is 17.8 Å². The third kappa shape index (κ3) is 2.97. The van der Waals surface area contributed by atoms with Gasteiger partial charge in [0.2, 0.25) is 5.91 Å². The number of thiazole rings is 1. The first-order valence-corrected chi connectivity index (χ1v) is 7.33. The van der Waals surface area contributed by atoms with E-state index in [1.165, 1.54) is 16.2 Å². The summed E-state index contributed by atoms with van der Waals surface area (Å²) in [5, 5.41) is 3.52. The van der Waals surface area contributed by atoms with Crippen molar-refractivity contribution in [3.63, 3.8) is 0 Å². The number of rotatable bonds is 3. The molecule has 1 aliphatic heterocycles. The number of anilines is 2. The molecule has 1 aromatic heterocycles. The van der Waals surface area contributed by atoms with Crippen LogP contribution in [0.15, 0.2) is 30.3 Å². The fourth-order valence-corrected chi connectivity index (χ4v) is 3.25. The molecule has 1 aromatic carbocycles. The highest BCUT2D eigenvalue weighted by Gasteiger charge is 2.21. The minimum absolute atomic E-state index is 0.0112. The normalized spacial score (nSPS) is 14.8. The first-order valence-electron chi connectivity index (χ1n) is 6.52. The van der Waals surface area contributed by atoms with Crippen molar-refractivity contribution in [1.29, 1.82) is 0 Å². The summed E-state index contributed by atoms with van der Waals surface area (Å²) in [7, 11) is 0. The topological polar surface area (TPSA) is 71.2 Å². The summed E-state index contributed by atoms with van der Waals surface area (Å²) in [4.78, 5) is 19.6. The molecule has 0 bridgehead atoms. The second-order valence-electron chi connectivity index (χ2n) is 4.80. The van der Waals surface area contributed by atoms with E-state index in [1.807, 2.05) is 30.3 Å². The van der Waals surface area contributed by atoms with Gasteiger partial charge < -0.3 is 11.1 Å². The Kier molecular flexibility index (Phi) is 3.66. The van der Waals surface area contributed by atoms with Crippen LogP contribution < -0.4 is 11.1 Å². The Labute approximate surface area is 121 Å². The summed E-state index contributed by atoms with van der Waals surface area (Å²) in [5.41, 5.74) is 7.64. The number of nitrogen functional groups attached to an aromatic ring is 1. The fraction of sp³-hybridized carbons (Fsp3) is 0.286. The summed E-state index contributed by atoms with van der Waals surface area (Å²) in [5.74, 6) is 0.0112. The molecule has 104 valence electrons. The maximum atomic E-state index is 12.0. The number of para-hydroxylation sites is 1. The molecular formula is C14H16N4OS. The maximum absolute atomic E-state index is 12.0. The van der Waals surface area contributed by atoms with Crippen LogP contribution >= 0.6 is 11.3 Å². The minimum Gasteiger partial charge on any atom is -0.375 e. The molecule has 0 unspecified atom stereocenters. The van der Waals surface area contributed by atoms with Crippen LogP contribution in [0.3, 0.4) is 0 Å². The van der Waals surface area contributed by atoms with Gasteiger partial charge in [-0.2, -0.15) is 0 Å². The second kappa shape index (κ2) is 5.60. The standard InChI is InChI=1S/C14H16N4OS/c15-14-17-11-6-7-18(8-12(11)20-14)9-13(19)16-10-4-2-1-3-5-10/h1-5H,6-9H2,(H2,15,17)(H,16,19). The van der Waals surface area contributed by atoms with Crippen LogP contribution in [0.1, 0.15) is 10.6 Å². The average Bonchev–Trinajstić information content (AvgIpc) is 2.79. The molecule has 1 amide bonds. The van der Waals surface area contributed by atoms with E-state index in [9.17, 15) is 4.79 Å². The molecule has 20 heavy (non-hydrogen) atoms. The van der Waals surface area contributed by atoms with Crippen LogP contribution in [0.5, 0.6) is 0 Å². The zero-order valence-corrected chi connectivity index (χ0v) is 11.8. The molecule has 0 saturated heterocycles. The van der Waals surface area contributed by atoms with Gasteiger partial charge in [-0.25, -0.2) is 4.98 Å². The lowest BCUT2D eigenvalue weighted by Crippen LogP contribution is -2.36. The van der Waals surface area contributed by atoms with Crippen LogP contribution in [-0.4, -0.2) is 28.9 Å². The molecule has 0 spiro atoms. The quantitative estimate of drug-likeness (QED) is 0.902. The highest BCUT2D eigenvalue weighted by Crippen LogP contribution is 2.26. The van der Waals surface area contributed by atoms with Crippen molar-refractivity contribution >= 4 is 28.1 Å². The Bertz CT molecular complexity index is 611. The highest BCUT2D eigenvalue weighted by atomic mass is 32.1. The van der Waals surface area contributed by atoms with Crippen LogP contribution in [0.4, 0.5) is 10.8 Å². The number of nitrogens with two attached hydrogens (primary N) is 1. The van der Waals surface area contributed by atoms with Crippen molar-refractivity contribution in [2.24, 2.45) is 0 Å². The molecule has 5 nitrogen and oxygen atoms in total. The number of amides is 1. The summed E-state index contributed by atoms with van der Waals surface area (Å²) in [6, 6.07) is 9.51. The van der Waals surface area contributed by atoms with E-state index >= 15 is 0 Å². The van der Waals surface area contributed by atoms with Crippen molar-refractivity contribution < 1.29 is 4.79 Å². The summed E-state index contributed by atoms with van der Waals surface area (Å²) in [6.45, 7) is 2.00. The predicted octanol–water partition coefficient (Wildman–Crippen LogP) is 1.72. The zero-order valence-electron chi connectivity index (χ0n) is 11.0. The van der Waals surface area contributed by atoms with Gasteiger partial charge in [-0.05, 0) is 12.1 Å². The average molecular weight is 288 g/mol. The van der Waals surface area contributed by atoms with Gasteiger partial charge in [0.15, 0.2) is 5.13 Å². The van der Waals surface area contributed by atoms with E-state index in [0.717, 1.165) is 30.9 Å². The van der Waals surface area contributed by atoms with Crippen LogP contribution in [0.25, 0.3) is 0 Å². The number of nitrogens with zero attached hydrogens (tertiary/aromatic N) is 2. The number of carbonyl (C=O) groups excluding carboxylic acids is 1. The van der Waals surface area contributed by atoms with Gasteiger partial charge in [-0.3, -0.25) is 9.69 Å². The zero-order chi connectivity index (χ0) is 13.9. The lowest BCUT2D eigenvalue weighted by molar-refractivity contribution is -0.117. The molecule has 0 radical (unpaired) electrons. The third-order valence-electron chi connectivity index (χ3n) is 3.25. The maximum Gasteiger partial charge on any atom is 0.238 e. The summed E-state index contributed by atoms with van der Waals surface area (Å²) in [6.07, 6.45) is 0.863. The van der Waals surface area contributed by atoms with Gasteiger partial charge in [0, 0.05) is 30.1 Å². The molecule has 0 fully saturated rings. The predicted molar refractivity (Wildman–Crippen MR) is 80.6 cm³/mol. The lowest BCUT2D eigenvalue weighted by atomic mass is 10.2. The van der Waals surface area contributed by atoms with E-state index in [2.05, 4.69) is 15.2 Å². The lowest BCUT2D eigenvalue weighted by Gasteiger charge is -2.25. The second-order valence-corrected chi connectivity index (χ2v) is 5.91. The highest BCUT2D eigenvalue weighted by molar-refractivity contribution is 7.15. The molecule has 0 aliphatic carbocycles. The van der Waals surface area contributed by atoms with Gasteiger partial charge in [-0.1, -0.05) is 18.2 Å². The van der Waals surface area contributed by atoms with E-state index in [1.54, 1.807) is 0 Å². The number of hydrogen-bond donors (Lipinski definition) is 2. The van der Waals surface area contributed by atoms with Crippen LogP contribution in [0, 0.1) is 0 Å². The smallest absolute Gasteiger partial charge is 0.238 e. The monoisotopic (exact) mass is 288 g/mol. The molecule has 0 atom stereocenters. The molecule has 6 heteroatoms. The summed E-state index contributed by atoms with van der Waals surface area (Å²) < 4.78 is 0. The number of fused-ring (bicyclic) bond motifs is 1. The molecular weight excluding hydrogens is 272 g/mol. The Hall–Kier alpha value is -1.92. The number of nitrogens with one attached hydrogen (secondary N) is 1. The molecule has 3 N–H and O–H groups in total. The summed E-state index contributed by atoms with van der Waals surface area (Å²) >= 11 is 1.52. The van der Waals surface area contributed by atoms with E-state index in [4.69, 9.17) is 5.73 Å². The SMILES string of the molecule is Nc1nc2c(s1)CN(CC(=O)Nc1ccccc1)CC2. The first-order chi connectivity index (χ1) is 9.70. The molecule has 3 rings (SSSR count). The van der Waals surface area contributed by atoms with Crippen molar-refractivity contribution in [1.82, 2.24) is 9.88 Å². The largest absolute Gasteiger partial charge is 0.375 e. The van der Waals surface area contributed by atoms with Gasteiger partial charge in [0.05, 0.1) is 12.2 Å². The Morgan fingerprint density at radius 2 is 2.20 bits per heavy atom. The van der Waals surface area contributed by atoms with Gasteiger partial charge in [0.1, 0.15) is 0 Å². The van der Waals surface area contributed by atoms with Gasteiger partial charge >= 0.3 is 0 Å². The van der Waals surface area contributed by atoms with E-state index < -0.39 is 0 Å². The Balaban J connectivity index is 1.58. The minimum atomic E-state index is 0.0112. The van der Waals surface area contributed by atoms with Crippen molar-refractivity contribution in [2.75, 3.05) is 24.1 Å². The fourth-order valence-electron chi connectivity index (χ4n) is 2.33. The van der Waals surface area contributed by atoms with Crippen LogP contribution in [0.2, 0.25) is 0 Å². The number of aromatic nitrogens is 1. The van der Waals surface area contributed by atoms with Gasteiger partial charge in [0.25, 0.3) is 0 Å². The van der Waals surface area contributed by atoms with Crippen molar-refractivity contribution in [3.8, 4) is 0 Å². The molecule has 0 saturated carbocycles. The van der Waals surface area contributed by atoms with E-state index in [-0.39, 0.29) is 5.91 Å². The van der Waals surface area contributed by atoms with Gasteiger partial charge in [-0.15, -0.1) is 11.3 Å². The van der Waals surface area contributed by atoms with Crippen molar-refractivity contribution in [2.45, 2.75) is 13.0 Å². The Morgan fingerprint density at radius 1 is 1.40 bits per heavy atom. The number of carbonyl (C=O) groups is 1. The molecule has 2 aromatic rings. The van der Waals surface area contributed by atoms with Crippen molar-refractivity contribution in [3.05, 3.63) is 40.9 Å². The van der Waals surface area contributed by atoms with E-state index in [0.29, 0.717) is 11.7 Å².